The highest BCUT2D eigenvalue weighted by atomic mass is 16.5. The fourth-order valence-corrected chi connectivity index (χ4v) is 4.04. The van der Waals surface area contributed by atoms with Gasteiger partial charge in [0.2, 0.25) is 5.95 Å². The Morgan fingerprint density at radius 1 is 1.21 bits per heavy atom. The number of aromatic nitrogens is 5. The van der Waals surface area contributed by atoms with Crippen LogP contribution in [-0.4, -0.2) is 35.3 Å². The van der Waals surface area contributed by atoms with E-state index in [0.29, 0.717) is 34.1 Å². The van der Waals surface area contributed by atoms with Gasteiger partial charge in [0.05, 0.1) is 17.8 Å². The van der Waals surface area contributed by atoms with Gasteiger partial charge >= 0.3 is 5.69 Å². The van der Waals surface area contributed by atoms with Crippen molar-refractivity contribution >= 4 is 17.2 Å². The van der Waals surface area contributed by atoms with Crippen molar-refractivity contribution in [2.75, 3.05) is 5.73 Å². The summed E-state index contributed by atoms with van der Waals surface area (Å²) in [5.41, 5.74) is 10.1. The summed E-state index contributed by atoms with van der Waals surface area (Å²) in [6.45, 7) is 5.46. The van der Waals surface area contributed by atoms with Gasteiger partial charge in [0, 0.05) is 17.3 Å². The Hall–Kier alpha value is -4.18. The third-order valence-corrected chi connectivity index (χ3v) is 5.74. The van der Waals surface area contributed by atoms with Gasteiger partial charge in [0.15, 0.2) is 12.0 Å². The first kappa shape index (κ1) is 20.7. The zero-order valence-electron chi connectivity index (χ0n) is 18.4. The topological polar surface area (TPSA) is 131 Å². The van der Waals surface area contributed by atoms with E-state index in [1.807, 2.05) is 43.3 Å². The second kappa shape index (κ2) is 7.75. The number of oxazole rings is 1. The highest BCUT2D eigenvalue weighted by molar-refractivity contribution is 5.92. The van der Waals surface area contributed by atoms with Crippen molar-refractivity contribution in [1.82, 2.24) is 29.2 Å². The number of rotatable bonds is 4. The molecule has 10 nitrogen and oxygen atoms in total. The molecule has 0 saturated carbocycles. The van der Waals surface area contributed by atoms with Crippen molar-refractivity contribution < 1.29 is 4.42 Å². The number of hydrogen-bond acceptors (Lipinski definition) is 8. The molecule has 0 radical (unpaired) electrons. The van der Waals surface area contributed by atoms with Crippen molar-refractivity contribution in [2.45, 2.75) is 33.4 Å². The first-order chi connectivity index (χ1) is 15.8. The molecule has 1 aromatic carbocycles. The molecule has 0 spiro atoms. The van der Waals surface area contributed by atoms with Crippen molar-refractivity contribution in [3.8, 4) is 11.3 Å². The molecule has 4 heterocycles. The number of hydroxylamine groups is 2. The van der Waals surface area contributed by atoms with E-state index in [4.69, 9.17) is 10.2 Å². The Bertz CT molecular complexity index is 1480. The number of aryl methyl sites for hydroxylation is 1. The van der Waals surface area contributed by atoms with Crippen LogP contribution in [0.2, 0.25) is 0 Å². The normalized spacial score (nSPS) is 16.2. The maximum absolute atomic E-state index is 13.2. The van der Waals surface area contributed by atoms with Gasteiger partial charge in [0.25, 0.3) is 0 Å². The smallest absolute Gasteiger partial charge is 0.353 e. The van der Waals surface area contributed by atoms with Gasteiger partial charge in [-0.25, -0.2) is 23.8 Å². The van der Waals surface area contributed by atoms with Crippen LogP contribution >= 0.6 is 0 Å². The van der Waals surface area contributed by atoms with E-state index in [2.05, 4.69) is 15.1 Å². The summed E-state index contributed by atoms with van der Waals surface area (Å²) in [6, 6.07) is 9.15. The number of nitrogen functional groups attached to an aromatic ring is 1. The summed E-state index contributed by atoms with van der Waals surface area (Å²) in [4.78, 5) is 22.0. The Morgan fingerprint density at radius 2 is 1.97 bits per heavy atom. The minimum Gasteiger partial charge on any atom is -0.758 e. The van der Waals surface area contributed by atoms with E-state index >= 15 is 0 Å². The largest absolute Gasteiger partial charge is 0.758 e. The minimum atomic E-state index is -0.436. The standard InChI is InChI=1S/C23H22N7O3/c1-13-9-17(10-14(2)30(13)32)19-20(16-7-5-4-6-8-16)26-22(24)29-21(19)27-28(23(29)31)11-18-15(3)33-12-25-18/h4-10,12-13H,11H2,1-3H3,(H2,24,26)/q-1. The van der Waals surface area contributed by atoms with E-state index in [0.717, 1.165) is 16.2 Å². The van der Waals surface area contributed by atoms with E-state index in [1.165, 1.54) is 15.5 Å². The molecule has 0 aliphatic carbocycles. The number of anilines is 1. The maximum atomic E-state index is 13.2. The summed E-state index contributed by atoms with van der Waals surface area (Å²) in [7, 11) is 0. The van der Waals surface area contributed by atoms with E-state index in [-0.39, 0.29) is 12.5 Å². The Morgan fingerprint density at radius 3 is 2.64 bits per heavy atom. The molecular weight excluding hydrogens is 422 g/mol. The van der Waals surface area contributed by atoms with Crippen LogP contribution in [0.25, 0.3) is 22.5 Å². The van der Waals surface area contributed by atoms with Crippen LogP contribution in [0, 0.1) is 12.1 Å². The first-order valence-corrected chi connectivity index (χ1v) is 10.5. The Kier molecular flexibility index (Phi) is 4.86. The average molecular weight is 444 g/mol. The van der Waals surface area contributed by atoms with Gasteiger partial charge < -0.3 is 20.4 Å². The van der Waals surface area contributed by atoms with E-state index in [9.17, 15) is 10.0 Å². The number of hydrogen-bond donors (Lipinski definition) is 1. The van der Waals surface area contributed by atoms with Gasteiger partial charge in [-0.1, -0.05) is 36.4 Å². The molecule has 1 unspecified atom stereocenters. The fourth-order valence-electron chi connectivity index (χ4n) is 4.04. The Labute approximate surface area is 188 Å². The minimum absolute atomic E-state index is 0.0244. The van der Waals surface area contributed by atoms with Crippen LogP contribution in [0.5, 0.6) is 0 Å². The summed E-state index contributed by atoms with van der Waals surface area (Å²) in [5, 5.41) is 17.9. The van der Waals surface area contributed by atoms with Gasteiger partial charge in [0.1, 0.15) is 11.5 Å². The molecule has 1 aliphatic rings. The molecule has 0 fully saturated rings. The molecule has 4 aromatic rings. The molecule has 5 rings (SSSR count). The van der Waals surface area contributed by atoms with Crippen molar-refractivity contribution in [3.05, 3.63) is 87.3 Å². The van der Waals surface area contributed by atoms with Crippen LogP contribution in [0.3, 0.4) is 0 Å². The lowest BCUT2D eigenvalue weighted by atomic mass is 9.95. The molecule has 0 amide bonds. The summed E-state index contributed by atoms with van der Waals surface area (Å²) in [5.74, 6) is 0.629. The predicted molar refractivity (Wildman–Crippen MR) is 124 cm³/mol. The van der Waals surface area contributed by atoms with Gasteiger partial charge in [-0.15, -0.1) is 5.10 Å². The molecule has 168 valence electrons. The molecule has 3 aromatic heterocycles. The molecule has 0 bridgehead atoms. The summed E-state index contributed by atoms with van der Waals surface area (Å²) in [6.07, 6.45) is 4.94. The number of benzene rings is 1. The lowest BCUT2D eigenvalue weighted by Crippen LogP contribution is -2.27. The fraction of sp³-hybridized carbons (Fsp3) is 0.217. The first-order valence-electron chi connectivity index (χ1n) is 10.5. The van der Waals surface area contributed by atoms with Crippen molar-refractivity contribution in [1.29, 1.82) is 0 Å². The molecular formula is C23H22N7O3-. The third-order valence-electron chi connectivity index (χ3n) is 5.74. The highest BCUT2D eigenvalue weighted by Crippen LogP contribution is 2.35. The molecule has 1 aliphatic heterocycles. The van der Waals surface area contributed by atoms with Crippen molar-refractivity contribution in [3.63, 3.8) is 0 Å². The molecule has 10 heteroatoms. The maximum Gasteiger partial charge on any atom is 0.353 e. The highest BCUT2D eigenvalue weighted by Gasteiger charge is 2.24. The number of fused-ring (bicyclic) bond motifs is 1. The van der Waals surface area contributed by atoms with E-state index < -0.39 is 11.7 Å². The molecule has 33 heavy (non-hydrogen) atoms. The molecule has 0 saturated heterocycles. The lowest BCUT2D eigenvalue weighted by molar-refractivity contribution is 0.415. The Balaban J connectivity index is 1.81. The quantitative estimate of drug-likeness (QED) is 0.508. The second-order valence-corrected chi connectivity index (χ2v) is 7.99. The van der Waals surface area contributed by atoms with E-state index in [1.54, 1.807) is 19.9 Å². The van der Waals surface area contributed by atoms with Crippen LogP contribution in [0.15, 0.2) is 63.8 Å². The predicted octanol–water partition coefficient (Wildman–Crippen LogP) is 2.97. The molecule has 2 N–H and O–H groups in total. The summed E-state index contributed by atoms with van der Waals surface area (Å²) < 4.78 is 7.83. The van der Waals surface area contributed by atoms with Gasteiger partial charge in [-0.3, -0.25) is 0 Å². The van der Waals surface area contributed by atoms with Crippen LogP contribution in [0.1, 0.15) is 30.9 Å². The zero-order valence-corrected chi connectivity index (χ0v) is 18.4. The average Bonchev–Trinajstić information content (AvgIpc) is 3.35. The SMILES string of the molecule is CC1=CC(c2c(-c3ccccc3)nc(N)n3c(=O)n(Cc4ncoc4C)nc23)=CC(C)N1[O-]. The number of allylic oxidation sites excluding steroid dienone is 3. The zero-order chi connectivity index (χ0) is 23.3. The van der Waals surface area contributed by atoms with Crippen LogP contribution < -0.4 is 11.4 Å². The van der Waals surface area contributed by atoms with Gasteiger partial charge in [-0.2, -0.15) is 0 Å². The monoisotopic (exact) mass is 444 g/mol. The third kappa shape index (κ3) is 3.40. The van der Waals surface area contributed by atoms with Crippen LogP contribution in [-0.2, 0) is 6.54 Å². The van der Waals surface area contributed by atoms with Crippen LogP contribution in [0.4, 0.5) is 5.95 Å². The lowest BCUT2D eigenvalue weighted by Gasteiger charge is -2.39. The summed E-state index contributed by atoms with van der Waals surface area (Å²) >= 11 is 0. The van der Waals surface area contributed by atoms with Gasteiger partial charge in [-0.05, 0) is 32.4 Å². The van der Waals surface area contributed by atoms with Crippen molar-refractivity contribution in [2.24, 2.45) is 0 Å². The second-order valence-electron chi connectivity index (χ2n) is 7.99. The molecule has 1 atom stereocenters. The number of nitrogens with zero attached hydrogens (tertiary/aromatic N) is 6. The number of nitrogens with two attached hydrogens (primary N) is 1.